The molecular formula is C16H12Cl2N2O. The standard InChI is InChI=1S/C16H12Cl2N2O/c17-13-6-5-12(8-14(13)18)21-9-11-7-10-3-1-2-4-15(10)20-16(11)19/h1-8H,9H2,(H2,19,20). The summed E-state index contributed by atoms with van der Waals surface area (Å²) in [5, 5.41) is 1.98. The Morgan fingerprint density at radius 1 is 1.00 bits per heavy atom. The van der Waals surface area contributed by atoms with Crippen LogP contribution in [0, 0.1) is 0 Å². The van der Waals surface area contributed by atoms with Crippen molar-refractivity contribution in [3.05, 3.63) is 64.1 Å². The van der Waals surface area contributed by atoms with Crippen molar-refractivity contribution >= 4 is 39.9 Å². The van der Waals surface area contributed by atoms with Gasteiger partial charge in [0.05, 0.1) is 15.6 Å². The number of nitrogens with zero attached hydrogens (tertiary/aromatic N) is 1. The number of pyridine rings is 1. The van der Waals surface area contributed by atoms with E-state index >= 15 is 0 Å². The van der Waals surface area contributed by atoms with E-state index in [1.165, 1.54) is 0 Å². The van der Waals surface area contributed by atoms with Gasteiger partial charge in [-0.05, 0) is 24.3 Å². The third kappa shape index (κ3) is 3.04. The van der Waals surface area contributed by atoms with Crippen LogP contribution in [-0.2, 0) is 6.61 Å². The summed E-state index contributed by atoms with van der Waals surface area (Å²) in [5.41, 5.74) is 7.67. The maximum absolute atomic E-state index is 5.97. The molecular weight excluding hydrogens is 307 g/mol. The number of halogens is 2. The number of fused-ring (bicyclic) bond motifs is 1. The summed E-state index contributed by atoms with van der Waals surface area (Å²) >= 11 is 11.8. The average molecular weight is 319 g/mol. The Balaban J connectivity index is 1.84. The lowest BCUT2D eigenvalue weighted by atomic mass is 10.1. The lowest BCUT2D eigenvalue weighted by Gasteiger charge is -2.10. The van der Waals surface area contributed by atoms with E-state index < -0.39 is 0 Å². The maximum atomic E-state index is 5.97. The molecule has 0 fully saturated rings. The second-order valence-corrected chi connectivity index (χ2v) is 5.40. The number of rotatable bonds is 3. The van der Waals surface area contributed by atoms with Gasteiger partial charge >= 0.3 is 0 Å². The smallest absolute Gasteiger partial charge is 0.130 e. The minimum absolute atomic E-state index is 0.321. The van der Waals surface area contributed by atoms with Crippen molar-refractivity contribution in [1.82, 2.24) is 4.98 Å². The first-order valence-electron chi connectivity index (χ1n) is 6.35. The van der Waals surface area contributed by atoms with Crippen LogP contribution >= 0.6 is 23.2 Å². The molecule has 2 aromatic carbocycles. The molecule has 1 aromatic heterocycles. The molecule has 0 bridgehead atoms. The summed E-state index contributed by atoms with van der Waals surface area (Å²) in [6, 6.07) is 14.9. The van der Waals surface area contributed by atoms with Gasteiger partial charge in [0.15, 0.2) is 0 Å². The first-order chi connectivity index (χ1) is 10.1. The number of aromatic nitrogens is 1. The fraction of sp³-hybridized carbons (Fsp3) is 0.0625. The quantitative estimate of drug-likeness (QED) is 0.761. The predicted octanol–water partition coefficient (Wildman–Crippen LogP) is 4.70. The molecule has 0 atom stereocenters. The van der Waals surface area contributed by atoms with Crippen molar-refractivity contribution in [3.8, 4) is 5.75 Å². The summed E-state index contributed by atoms with van der Waals surface area (Å²) in [6.07, 6.45) is 0. The highest BCUT2D eigenvalue weighted by Gasteiger charge is 2.06. The molecule has 5 heteroatoms. The molecule has 3 nitrogen and oxygen atoms in total. The lowest BCUT2D eigenvalue weighted by Crippen LogP contribution is -2.02. The number of hydrogen-bond acceptors (Lipinski definition) is 3. The molecule has 0 radical (unpaired) electrons. The Kier molecular flexibility index (Phi) is 3.86. The van der Waals surface area contributed by atoms with Crippen molar-refractivity contribution in [2.45, 2.75) is 6.61 Å². The number of ether oxygens (including phenoxy) is 1. The van der Waals surface area contributed by atoms with Gasteiger partial charge in [0.1, 0.15) is 18.2 Å². The number of benzene rings is 2. The van der Waals surface area contributed by atoms with E-state index in [1.807, 2.05) is 30.3 Å². The molecule has 0 aliphatic carbocycles. The molecule has 0 aliphatic heterocycles. The van der Waals surface area contributed by atoms with E-state index in [9.17, 15) is 0 Å². The van der Waals surface area contributed by atoms with Crippen molar-refractivity contribution in [2.24, 2.45) is 0 Å². The Hall–Kier alpha value is -1.97. The fourth-order valence-electron chi connectivity index (χ4n) is 2.02. The van der Waals surface area contributed by atoms with Crippen molar-refractivity contribution in [3.63, 3.8) is 0 Å². The molecule has 106 valence electrons. The highest BCUT2D eigenvalue weighted by Crippen LogP contribution is 2.27. The predicted molar refractivity (Wildman–Crippen MR) is 86.9 cm³/mol. The molecule has 3 aromatic rings. The van der Waals surface area contributed by atoms with Crippen LogP contribution in [0.15, 0.2) is 48.5 Å². The van der Waals surface area contributed by atoms with Gasteiger partial charge in [0, 0.05) is 17.0 Å². The van der Waals surface area contributed by atoms with Crippen LogP contribution in [0.1, 0.15) is 5.56 Å². The van der Waals surface area contributed by atoms with Gasteiger partial charge in [-0.3, -0.25) is 0 Å². The van der Waals surface area contributed by atoms with Crippen LogP contribution < -0.4 is 10.5 Å². The molecule has 0 aliphatic rings. The summed E-state index contributed by atoms with van der Waals surface area (Å²) in [4.78, 5) is 4.37. The van der Waals surface area contributed by atoms with E-state index in [1.54, 1.807) is 18.2 Å². The van der Waals surface area contributed by atoms with Crippen molar-refractivity contribution in [2.75, 3.05) is 5.73 Å². The van der Waals surface area contributed by atoms with Gasteiger partial charge in [-0.15, -0.1) is 0 Å². The van der Waals surface area contributed by atoms with Crippen molar-refractivity contribution < 1.29 is 4.74 Å². The lowest BCUT2D eigenvalue weighted by molar-refractivity contribution is 0.307. The molecule has 1 heterocycles. The number of nitrogen functional groups attached to an aromatic ring is 1. The topological polar surface area (TPSA) is 48.1 Å². The molecule has 0 amide bonds. The first kappa shape index (κ1) is 14.0. The zero-order valence-corrected chi connectivity index (χ0v) is 12.5. The second kappa shape index (κ2) is 5.80. The van der Waals surface area contributed by atoms with Crippen LogP contribution in [0.4, 0.5) is 5.82 Å². The summed E-state index contributed by atoms with van der Waals surface area (Å²) in [7, 11) is 0. The van der Waals surface area contributed by atoms with Crippen molar-refractivity contribution in [1.29, 1.82) is 0 Å². The molecule has 21 heavy (non-hydrogen) atoms. The summed E-state index contributed by atoms with van der Waals surface area (Å²) in [6.45, 7) is 0.321. The highest BCUT2D eigenvalue weighted by atomic mass is 35.5. The number of nitrogens with two attached hydrogens (primary N) is 1. The van der Waals surface area contributed by atoms with Crippen LogP contribution in [-0.4, -0.2) is 4.98 Å². The van der Waals surface area contributed by atoms with Gasteiger partial charge in [-0.2, -0.15) is 0 Å². The van der Waals surface area contributed by atoms with Gasteiger partial charge in [0.2, 0.25) is 0 Å². The number of anilines is 1. The van der Waals surface area contributed by atoms with Crippen LogP contribution in [0.5, 0.6) is 5.75 Å². The molecule has 3 rings (SSSR count). The minimum Gasteiger partial charge on any atom is -0.489 e. The third-order valence-electron chi connectivity index (χ3n) is 3.12. The highest BCUT2D eigenvalue weighted by molar-refractivity contribution is 6.42. The molecule has 2 N–H and O–H groups in total. The van der Waals surface area contributed by atoms with Gasteiger partial charge in [0.25, 0.3) is 0 Å². The van der Waals surface area contributed by atoms with E-state index in [4.69, 9.17) is 33.7 Å². The molecule has 0 spiro atoms. The maximum Gasteiger partial charge on any atom is 0.130 e. The van der Waals surface area contributed by atoms with Crippen LogP contribution in [0.3, 0.4) is 0 Å². The first-order valence-corrected chi connectivity index (χ1v) is 7.11. The Labute approximate surface area is 132 Å². The van der Waals surface area contributed by atoms with Gasteiger partial charge in [-0.25, -0.2) is 4.98 Å². The third-order valence-corrected chi connectivity index (χ3v) is 3.86. The number of para-hydroxylation sites is 1. The Morgan fingerprint density at radius 3 is 2.62 bits per heavy atom. The molecule has 0 saturated carbocycles. The zero-order chi connectivity index (χ0) is 14.8. The monoisotopic (exact) mass is 318 g/mol. The van der Waals surface area contributed by atoms with E-state index in [0.29, 0.717) is 28.2 Å². The van der Waals surface area contributed by atoms with Gasteiger partial charge < -0.3 is 10.5 Å². The summed E-state index contributed by atoms with van der Waals surface area (Å²) < 4.78 is 5.69. The van der Waals surface area contributed by atoms with Crippen LogP contribution in [0.2, 0.25) is 10.0 Å². The molecule has 0 unspecified atom stereocenters. The Bertz CT molecular complexity index is 805. The zero-order valence-electron chi connectivity index (χ0n) is 11.0. The Morgan fingerprint density at radius 2 is 1.81 bits per heavy atom. The number of hydrogen-bond donors (Lipinski definition) is 1. The normalized spacial score (nSPS) is 10.8. The largest absolute Gasteiger partial charge is 0.489 e. The fourth-order valence-corrected chi connectivity index (χ4v) is 2.31. The van der Waals surface area contributed by atoms with Crippen LogP contribution in [0.25, 0.3) is 10.9 Å². The van der Waals surface area contributed by atoms with E-state index in [2.05, 4.69) is 4.98 Å². The minimum atomic E-state index is 0.321. The second-order valence-electron chi connectivity index (χ2n) is 4.59. The molecule has 0 saturated heterocycles. The summed E-state index contributed by atoms with van der Waals surface area (Å²) in [5.74, 6) is 1.10. The SMILES string of the molecule is Nc1nc2ccccc2cc1COc1ccc(Cl)c(Cl)c1. The average Bonchev–Trinajstić information content (AvgIpc) is 2.48. The van der Waals surface area contributed by atoms with Gasteiger partial charge in [-0.1, -0.05) is 41.4 Å². The van der Waals surface area contributed by atoms with E-state index in [-0.39, 0.29) is 0 Å². The van der Waals surface area contributed by atoms with E-state index in [0.717, 1.165) is 16.5 Å².